The minimum Gasteiger partial charge on any atom is -0.328 e. The molecule has 1 aromatic carbocycles. The Hall–Kier alpha value is -1.97. The molecule has 0 radical (unpaired) electrons. The maximum atomic E-state index is 4.46. The summed E-state index contributed by atoms with van der Waals surface area (Å²) in [4.78, 5) is 15.9. The number of nitrogens with one attached hydrogen (secondary N) is 1. The van der Waals surface area contributed by atoms with Crippen molar-refractivity contribution in [1.82, 2.24) is 19.9 Å². The number of aromatic nitrogens is 4. The number of hydrogen-bond acceptors (Lipinski definition) is 3. The fourth-order valence-electron chi connectivity index (χ4n) is 1.64. The molecule has 3 aromatic rings. The van der Waals surface area contributed by atoms with Crippen LogP contribution in [0.15, 0.2) is 18.5 Å². The fraction of sp³-hybridized carbons (Fsp3) is 0.182. The highest BCUT2D eigenvalue weighted by atomic mass is 15.0. The molecule has 0 saturated heterocycles. The molecule has 0 atom stereocenters. The molecule has 4 heteroatoms. The average molecular weight is 198 g/mol. The molecule has 0 aliphatic carbocycles. The third-order valence-corrected chi connectivity index (χ3v) is 2.65. The molecule has 0 aliphatic rings. The van der Waals surface area contributed by atoms with Gasteiger partial charge in [-0.05, 0) is 37.1 Å². The molecule has 0 amide bonds. The molecule has 4 nitrogen and oxygen atoms in total. The van der Waals surface area contributed by atoms with Crippen molar-refractivity contribution >= 4 is 22.3 Å². The van der Waals surface area contributed by atoms with E-state index >= 15 is 0 Å². The van der Waals surface area contributed by atoms with Gasteiger partial charge in [0.1, 0.15) is 0 Å². The van der Waals surface area contributed by atoms with Gasteiger partial charge in [-0.3, -0.25) is 0 Å². The number of aromatic amines is 1. The first kappa shape index (κ1) is 8.35. The molecule has 0 aliphatic heterocycles. The second-order valence-electron chi connectivity index (χ2n) is 3.72. The zero-order valence-electron chi connectivity index (χ0n) is 8.57. The smallest absolute Gasteiger partial charge is 0.197 e. The zero-order chi connectivity index (χ0) is 10.4. The van der Waals surface area contributed by atoms with Crippen LogP contribution in [0.25, 0.3) is 22.3 Å². The Morgan fingerprint density at radius 3 is 2.40 bits per heavy atom. The first-order valence-electron chi connectivity index (χ1n) is 4.82. The molecule has 2 aromatic heterocycles. The third kappa shape index (κ3) is 1.18. The van der Waals surface area contributed by atoms with Crippen molar-refractivity contribution in [2.45, 2.75) is 13.8 Å². The van der Waals surface area contributed by atoms with E-state index in [1.165, 1.54) is 11.1 Å². The molecule has 74 valence electrons. The minimum atomic E-state index is 0.672. The Labute approximate surface area is 86.4 Å². The summed E-state index contributed by atoms with van der Waals surface area (Å²) in [5.41, 5.74) is 5.69. The minimum absolute atomic E-state index is 0.672. The number of rotatable bonds is 0. The molecule has 0 unspecified atom stereocenters. The summed E-state index contributed by atoms with van der Waals surface area (Å²) in [6, 6.07) is 4.10. The van der Waals surface area contributed by atoms with E-state index in [2.05, 4.69) is 39.8 Å². The SMILES string of the molecule is Cc1cc2nc3nc[nH]c3nc2cc1C. The summed E-state index contributed by atoms with van der Waals surface area (Å²) in [7, 11) is 0. The van der Waals surface area contributed by atoms with Gasteiger partial charge in [0.25, 0.3) is 0 Å². The number of nitrogens with zero attached hydrogens (tertiary/aromatic N) is 3. The Balaban J connectivity index is 2.49. The van der Waals surface area contributed by atoms with Crippen LogP contribution in [0, 0.1) is 13.8 Å². The van der Waals surface area contributed by atoms with Crippen LogP contribution in [0.5, 0.6) is 0 Å². The molecule has 15 heavy (non-hydrogen) atoms. The summed E-state index contributed by atoms with van der Waals surface area (Å²) < 4.78 is 0. The molecular weight excluding hydrogens is 188 g/mol. The standard InChI is InChI=1S/C11H10N4/c1-6-3-8-9(4-7(6)2)15-11-10(14-8)12-5-13-11/h3-5H,1-2H3,(H,12,13,14,15). The van der Waals surface area contributed by atoms with E-state index in [0.29, 0.717) is 5.65 Å². The zero-order valence-corrected chi connectivity index (χ0v) is 8.57. The van der Waals surface area contributed by atoms with Gasteiger partial charge >= 0.3 is 0 Å². The topological polar surface area (TPSA) is 54.5 Å². The van der Waals surface area contributed by atoms with E-state index < -0.39 is 0 Å². The molecule has 0 spiro atoms. The Kier molecular flexibility index (Phi) is 1.54. The van der Waals surface area contributed by atoms with Crippen molar-refractivity contribution in [2.24, 2.45) is 0 Å². The number of fused-ring (bicyclic) bond motifs is 2. The van der Waals surface area contributed by atoms with Crippen LogP contribution in [0.2, 0.25) is 0 Å². The lowest BCUT2D eigenvalue weighted by molar-refractivity contribution is 1.29. The van der Waals surface area contributed by atoms with Crippen LogP contribution in [-0.4, -0.2) is 19.9 Å². The van der Waals surface area contributed by atoms with Crippen molar-refractivity contribution in [1.29, 1.82) is 0 Å². The summed E-state index contributed by atoms with van der Waals surface area (Å²) in [6.07, 6.45) is 1.61. The summed E-state index contributed by atoms with van der Waals surface area (Å²) in [5, 5.41) is 0. The van der Waals surface area contributed by atoms with Gasteiger partial charge in [0.15, 0.2) is 11.3 Å². The van der Waals surface area contributed by atoms with Crippen molar-refractivity contribution in [2.75, 3.05) is 0 Å². The predicted octanol–water partition coefficient (Wildman–Crippen LogP) is 2.12. The van der Waals surface area contributed by atoms with Gasteiger partial charge in [0.05, 0.1) is 17.4 Å². The van der Waals surface area contributed by atoms with E-state index in [1.54, 1.807) is 6.33 Å². The highest BCUT2D eigenvalue weighted by molar-refractivity contribution is 5.83. The van der Waals surface area contributed by atoms with Crippen molar-refractivity contribution in [3.05, 3.63) is 29.6 Å². The highest BCUT2D eigenvalue weighted by Gasteiger charge is 2.04. The monoisotopic (exact) mass is 198 g/mol. The van der Waals surface area contributed by atoms with Gasteiger partial charge in [0, 0.05) is 0 Å². The van der Waals surface area contributed by atoms with Gasteiger partial charge in [-0.25, -0.2) is 15.0 Å². The maximum absolute atomic E-state index is 4.46. The van der Waals surface area contributed by atoms with Gasteiger partial charge in [0.2, 0.25) is 0 Å². The normalized spacial score (nSPS) is 11.3. The highest BCUT2D eigenvalue weighted by Crippen LogP contribution is 2.17. The molecule has 0 bridgehead atoms. The molecule has 2 heterocycles. The average Bonchev–Trinajstić information content (AvgIpc) is 2.63. The van der Waals surface area contributed by atoms with Crippen molar-refractivity contribution in [3.63, 3.8) is 0 Å². The van der Waals surface area contributed by atoms with Crippen LogP contribution in [0.4, 0.5) is 0 Å². The molecular formula is C11H10N4. The number of benzene rings is 1. The van der Waals surface area contributed by atoms with Crippen LogP contribution in [0.1, 0.15) is 11.1 Å². The lowest BCUT2D eigenvalue weighted by atomic mass is 10.1. The van der Waals surface area contributed by atoms with E-state index in [-0.39, 0.29) is 0 Å². The Morgan fingerprint density at radius 2 is 1.67 bits per heavy atom. The number of imidazole rings is 1. The van der Waals surface area contributed by atoms with Crippen molar-refractivity contribution < 1.29 is 0 Å². The summed E-state index contributed by atoms with van der Waals surface area (Å²) in [6.45, 7) is 4.15. The molecule has 1 N–H and O–H groups in total. The van der Waals surface area contributed by atoms with E-state index in [4.69, 9.17) is 0 Å². The van der Waals surface area contributed by atoms with Gasteiger partial charge < -0.3 is 4.98 Å². The van der Waals surface area contributed by atoms with Crippen LogP contribution >= 0.6 is 0 Å². The lowest BCUT2D eigenvalue weighted by Gasteiger charge is -2.01. The Bertz CT molecular complexity index is 599. The molecule has 0 saturated carbocycles. The quantitative estimate of drug-likeness (QED) is 0.602. The molecule has 0 fully saturated rings. The largest absolute Gasteiger partial charge is 0.328 e. The van der Waals surface area contributed by atoms with E-state index in [0.717, 1.165) is 16.7 Å². The Morgan fingerprint density at radius 1 is 1.00 bits per heavy atom. The van der Waals surface area contributed by atoms with Crippen molar-refractivity contribution in [3.8, 4) is 0 Å². The van der Waals surface area contributed by atoms with Crippen LogP contribution in [0.3, 0.4) is 0 Å². The molecule has 3 rings (SSSR count). The fourth-order valence-corrected chi connectivity index (χ4v) is 1.64. The number of hydrogen-bond donors (Lipinski definition) is 1. The maximum Gasteiger partial charge on any atom is 0.197 e. The van der Waals surface area contributed by atoms with Crippen LogP contribution in [-0.2, 0) is 0 Å². The lowest BCUT2D eigenvalue weighted by Crippen LogP contribution is -1.89. The number of H-pyrrole nitrogens is 1. The van der Waals surface area contributed by atoms with E-state index in [9.17, 15) is 0 Å². The van der Waals surface area contributed by atoms with Crippen LogP contribution < -0.4 is 0 Å². The number of aryl methyl sites for hydroxylation is 2. The second kappa shape index (κ2) is 2.76. The van der Waals surface area contributed by atoms with E-state index in [1.807, 2.05) is 6.07 Å². The van der Waals surface area contributed by atoms with Gasteiger partial charge in [-0.15, -0.1) is 0 Å². The second-order valence-corrected chi connectivity index (χ2v) is 3.72. The van der Waals surface area contributed by atoms with Gasteiger partial charge in [-0.2, -0.15) is 0 Å². The third-order valence-electron chi connectivity index (χ3n) is 2.65. The first-order chi connectivity index (χ1) is 7.24. The first-order valence-corrected chi connectivity index (χ1v) is 4.82. The summed E-state index contributed by atoms with van der Waals surface area (Å²) in [5.74, 6) is 0. The predicted molar refractivity (Wildman–Crippen MR) is 58.7 cm³/mol. The van der Waals surface area contributed by atoms with Gasteiger partial charge in [-0.1, -0.05) is 0 Å². The summed E-state index contributed by atoms with van der Waals surface area (Å²) >= 11 is 0.